The molecular weight excluding hydrogens is 204 g/mol. The summed E-state index contributed by atoms with van der Waals surface area (Å²) in [5.41, 5.74) is -0.523. The molecule has 0 N–H and O–H groups in total. The van der Waals surface area contributed by atoms with E-state index in [1.807, 2.05) is 6.92 Å². The van der Waals surface area contributed by atoms with Crippen molar-refractivity contribution < 1.29 is 14.3 Å². The average Bonchev–Trinajstić information content (AvgIpc) is 2.87. The molecule has 3 nitrogen and oxygen atoms in total. The number of epoxide rings is 1. The van der Waals surface area contributed by atoms with Crippen LogP contribution in [0.5, 0.6) is 0 Å². The molecule has 1 heterocycles. The summed E-state index contributed by atoms with van der Waals surface area (Å²) in [5, 5.41) is 0. The number of hydrogen-bond donors (Lipinski definition) is 0. The van der Waals surface area contributed by atoms with Gasteiger partial charge in [0, 0.05) is 6.92 Å². The Bertz CT molecular complexity index is 287. The van der Waals surface area contributed by atoms with E-state index in [4.69, 9.17) is 9.47 Å². The number of hydrogen-bond acceptors (Lipinski definition) is 3. The maximum Gasteiger partial charge on any atom is 0.303 e. The summed E-state index contributed by atoms with van der Waals surface area (Å²) in [4.78, 5) is 11.0. The van der Waals surface area contributed by atoms with Crippen molar-refractivity contribution in [3.05, 3.63) is 12.7 Å². The monoisotopic (exact) mass is 226 g/mol. The number of ether oxygens (including phenoxy) is 2. The first-order valence-electron chi connectivity index (χ1n) is 5.86. The van der Waals surface area contributed by atoms with Crippen LogP contribution < -0.4 is 0 Å². The molecule has 0 aromatic rings. The van der Waals surface area contributed by atoms with Crippen molar-refractivity contribution in [2.24, 2.45) is 0 Å². The minimum absolute atomic E-state index is 0.0400. The first-order chi connectivity index (χ1) is 7.35. The average molecular weight is 226 g/mol. The van der Waals surface area contributed by atoms with Crippen molar-refractivity contribution in [3.8, 4) is 0 Å². The zero-order valence-corrected chi connectivity index (χ0v) is 10.7. The first kappa shape index (κ1) is 13.2. The van der Waals surface area contributed by atoms with Crippen LogP contribution in [-0.4, -0.2) is 23.3 Å². The summed E-state index contributed by atoms with van der Waals surface area (Å²) < 4.78 is 10.9. The van der Waals surface area contributed by atoms with Crippen LogP contribution in [0.4, 0.5) is 0 Å². The standard InChI is InChI=1S/C13H22O3/c1-6-12(4,15-10(3)14)9-8-11-13(5,7-2)16-11/h6,11H,1,7-9H2,2-5H3/t11-,12+,13-/m0/s1. The molecule has 0 amide bonds. The van der Waals surface area contributed by atoms with E-state index in [9.17, 15) is 4.79 Å². The van der Waals surface area contributed by atoms with Crippen molar-refractivity contribution in [2.45, 2.75) is 64.3 Å². The topological polar surface area (TPSA) is 38.8 Å². The molecule has 1 fully saturated rings. The largest absolute Gasteiger partial charge is 0.455 e. The van der Waals surface area contributed by atoms with Crippen molar-refractivity contribution >= 4 is 5.97 Å². The summed E-state index contributed by atoms with van der Waals surface area (Å²) in [5.74, 6) is -0.266. The van der Waals surface area contributed by atoms with Gasteiger partial charge in [0.25, 0.3) is 0 Å². The number of carbonyl (C=O) groups is 1. The Morgan fingerprint density at radius 2 is 2.31 bits per heavy atom. The van der Waals surface area contributed by atoms with Gasteiger partial charge in [-0.15, -0.1) is 0 Å². The lowest BCUT2D eigenvalue weighted by Gasteiger charge is -2.25. The van der Waals surface area contributed by atoms with Crippen LogP contribution in [0.2, 0.25) is 0 Å². The quantitative estimate of drug-likeness (QED) is 0.397. The molecule has 1 rings (SSSR count). The van der Waals surface area contributed by atoms with Crippen LogP contribution in [-0.2, 0) is 14.3 Å². The maximum atomic E-state index is 11.0. The van der Waals surface area contributed by atoms with Gasteiger partial charge in [-0.05, 0) is 39.2 Å². The van der Waals surface area contributed by atoms with Crippen LogP contribution in [0.15, 0.2) is 12.7 Å². The van der Waals surface area contributed by atoms with Gasteiger partial charge in [0.05, 0.1) is 11.7 Å². The zero-order valence-electron chi connectivity index (χ0n) is 10.7. The predicted octanol–water partition coefficient (Wildman–Crippen LogP) is 2.84. The second kappa shape index (κ2) is 4.58. The summed E-state index contributed by atoms with van der Waals surface area (Å²) in [6.45, 7) is 11.3. The zero-order chi connectivity index (χ0) is 12.4. The van der Waals surface area contributed by atoms with Gasteiger partial charge in [-0.25, -0.2) is 0 Å². The van der Waals surface area contributed by atoms with Gasteiger partial charge >= 0.3 is 5.97 Å². The Kier molecular flexibility index (Phi) is 3.79. The summed E-state index contributed by atoms with van der Waals surface area (Å²) in [7, 11) is 0. The Morgan fingerprint density at radius 1 is 1.69 bits per heavy atom. The second-order valence-corrected chi connectivity index (χ2v) is 4.92. The Balaban J connectivity index is 2.41. The molecule has 0 radical (unpaired) electrons. The molecule has 16 heavy (non-hydrogen) atoms. The molecule has 0 aliphatic carbocycles. The predicted molar refractivity (Wildman–Crippen MR) is 63.2 cm³/mol. The van der Waals surface area contributed by atoms with E-state index in [0.717, 1.165) is 19.3 Å². The smallest absolute Gasteiger partial charge is 0.303 e. The highest BCUT2D eigenvalue weighted by Crippen LogP contribution is 2.42. The fourth-order valence-corrected chi connectivity index (χ4v) is 1.91. The SMILES string of the molecule is C=C[C@](C)(CC[C@@H]1O[C@@]1(C)CC)OC(C)=O. The molecule has 1 saturated heterocycles. The highest BCUT2D eigenvalue weighted by atomic mass is 16.6. The number of carbonyl (C=O) groups excluding carboxylic acids is 1. The number of rotatable bonds is 6. The first-order valence-corrected chi connectivity index (χ1v) is 5.86. The van der Waals surface area contributed by atoms with Crippen molar-refractivity contribution in [3.63, 3.8) is 0 Å². The summed E-state index contributed by atoms with van der Waals surface area (Å²) in [6, 6.07) is 0. The lowest BCUT2D eigenvalue weighted by molar-refractivity contribution is -0.151. The fourth-order valence-electron chi connectivity index (χ4n) is 1.91. The van der Waals surface area contributed by atoms with Crippen molar-refractivity contribution in [2.75, 3.05) is 0 Å². The Morgan fingerprint density at radius 3 is 2.69 bits per heavy atom. The molecule has 92 valence electrons. The third-order valence-corrected chi connectivity index (χ3v) is 3.45. The van der Waals surface area contributed by atoms with E-state index >= 15 is 0 Å². The van der Waals surface area contributed by atoms with Gasteiger partial charge < -0.3 is 9.47 Å². The Hall–Kier alpha value is -0.830. The van der Waals surface area contributed by atoms with E-state index in [1.54, 1.807) is 6.08 Å². The third-order valence-electron chi connectivity index (χ3n) is 3.45. The molecular formula is C13H22O3. The number of esters is 1. The van der Waals surface area contributed by atoms with Gasteiger partial charge in [0.1, 0.15) is 5.60 Å². The Labute approximate surface area is 97.8 Å². The van der Waals surface area contributed by atoms with E-state index < -0.39 is 5.60 Å². The summed E-state index contributed by atoms with van der Waals surface area (Å²) in [6.07, 6.45) is 4.68. The molecule has 0 unspecified atom stereocenters. The summed E-state index contributed by atoms with van der Waals surface area (Å²) >= 11 is 0. The van der Waals surface area contributed by atoms with Gasteiger partial charge in [0.15, 0.2) is 0 Å². The molecule has 3 heteroatoms. The minimum atomic E-state index is -0.563. The molecule has 3 atom stereocenters. The van der Waals surface area contributed by atoms with Crippen LogP contribution in [0, 0.1) is 0 Å². The van der Waals surface area contributed by atoms with Crippen LogP contribution in [0.25, 0.3) is 0 Å². The van der Waals surface area contributed by atoms with Crippen molar-refractivity contribution in [1.29, 1.82) is 0 Å². The third kappa shape index (κ3) is 3.08. The second-order valence-electron chi connectivity index (χ2n) is 4.92. The normalized spacial score (nSPS) is 31.6. The maximum absolute atomic E-state index is 11.0. The highest BCUT2D eigenvalue weighted by molar-refractivity contribution is 5.66. The van der Waals surface area contributed by atoms with E-state index in [2.05, 4.69) is 20.4 Å². The molecule has 1 aliphatic heterocycles. The van der Waals surface area contributed by atoms with E-state index in [0.29, 0.717) is 6.10 Å². The van der Waals surface area contributed by atoms with Gasteiger partial charge in [-0.1, -0.05) is 13.5 Å². The van der Waals surface area contributed by atoms with Gasteiger partial charge in [0.2, 0.25) is 0 Å². The lowest BCUT2D eigenvalue weighted by atomic mass is 9.94. The van der Waals surface area contributed by atoms with Crippen LogP contribution in [0.1, 0.15) is 47.0 Å². The molecule has 0 aromatic carbocycles. The highest BCUT2D eigenvalue weighted by Gasteiger charge is 2.50. The molecule has 0 saturated carbocycles. The van der Waals surface area contributed by atoms with Crippen LogP contribution >= 0.6 is 0 Å². The van der Waals surface area contributed by atoms with Crippen LogP contribution in [0.3, 0.4) is 0 Å². The molecule has 0 spiro atoms. The van der Waals surface area contributed by atoms with E-state index in [1.165, 1.54) is 6.92 Å². The van der Waals surface area contributed by atoms with Gasteiger partial charge in [-0.3, -0.25) is 4.79 Å². The molecule has 0 aromatic heterocycles. The lowest BCUT2D eigenvalue weighted by Crippen LogP contribution is -2.29. The minimum Gasteiger partial charge on any atom is -0.455 e. The molecule has 1 aliphatic rings. The van der Waals surface area contributed by atoms with Gasteiger partial charge in [-0.2, -0.15) is 0 Å². The fraction of sp³-hybridized carbons (Fsp3) is 0.769. The molecule has 0 bridgehead atoms. The van der Waals surface area contributed by atoms with E-state index in [-0.39, 0.29) is 11.6 Å². The van der Waals surface area contributed by atoms with Crippen molar-refractivity contribution in [1.82, 2.24) is 0 Å².